The number of rotatable bonds is 3. The second-order valence-electron chi connectivity index (χ2n) is 4.96. The van der Waals surface area contributed by atoms with Crippen LogP contribution in [0.3, 0.4) is 0 Å². The van der Waals surface area contributed by atoms with Gasteiger partial charge in [0.2, 0.25) is 0 Å². The molecule has 0 atom stereocenters. The van der Waals surface area contributed by atoms with Crippen molar-refractivity contribution in [3.8, 4) is 22.0 Å². The third-order valence-corrected chi connectivity index (χ3v) is 4.47. The number of hydrogen-bond donors (Lipinski definition) is 0. The van der Waals surface area contributed by atoms with Crippen LogP contribution in [0.1, 0.15) is 0 Å². The van der Waals surface area contributed by atoms with E-state index in [1.165, 1.54) is 0 Å². The summed E-state index contributed by atoms with van der Waals surface area (Å²) in [5.41, 5.74) is -2.25. The van der Waals surface area contributed by atoms with Gasteiger partial charge in [0.1, 0.15) is 11.6 Å². The van der Waals surface area contributed by atoms with E-state index in [1.54, 1.807) is 0 Å². The summed E-state index contributed by atoms with van der Waals surface area (Å²) in [7, 11) is 0. The number of aromatic nitrogens is 2. The van der Waals surface area contributed by atoms with Gasteiger partial charge in [-0.2, -0.15) is 4.98 Å². The van der Waals surface area contributed by atoms with Gasteiger partial charge in [-0.3, -0.25) is 0 Å². The lowest BCUT2D eigenvalue weighted by Gasteiger charge is -2.12. The molecule has 1 heterocycles. The van der Waals surface area contributed by atoms with Gasteiger partial charge >= 0.3 is 12.1 Å². The molecule has 0 radical (unpaired) electrons. The minimum absolute atomic E-state index is 0.334. The Labute approximate surface area is 155 Å². The van der Waals surface area contributed by atoms with Crippen LogP contribution in [-0.4, -0.2) is 15.3 Å². The molecule has 0 aliphatic heterocycles. The largest absolute Gasteiger partial charge is 0.573 e. The van der Waals surface area contributed by atoms with Gasteiger partial charge in [0, 0.05) is 6.07 Å². The summed E-state index contributed by atoms with van der Waals surface area (Å²) in [6.07, 6.45) is -5.10. The fourth-order valence-electron chi connectivity index (χ4n) is 2.11. The van der Waals surface area contributed by atoms with Crippen molar-refractivity contribution < 1.29 is 31.1 Å². The van der Waals surface area contributed by atoms with Gasteiger partial charge in [0.15, 0.2) is 16.6 Å². The Morgan fingerprint density at radius 2 is 1.70 bits per heavy atom. The molecular weight excluding hydrogens is 422 g/mol. The molecule has 3 aromatic rings. The molecule has 0 aliphatic carbocycles. The molecule has 0 aliphatic rings. The van der Waals surface area contributed by atoms with Crippen LogP contribution in [0, 0.1) is 17.5 Å². The molecule has 4 nitrogen and oxygen atoms in total. The van der Waals surface area contributed by atoms with E-state index < -0.39 is 51.5 Å². The Morgan fingerprint density at radius 1 is 1.07 bits per heavy atom. The van der Waals surface area contributed by atoms with E-state index in [9.17, 15) is 31.1 Å². The van der Waals surface area contributed by atoms with E-state index in [1.807, 2.05) is 0 Å². The first kappa shape index (κ1) is 19.2. The number of alkyl halides is 3. The van der Waals surface area contributed by atoms with Crippen molar-refractivity contribution in [2.45, 2.75) is 6.36 Å². The lowest BCUT2D eigenvalue weighted by molar-refractivity contribution is -0.274. The highest BCUT2D eigenvalue weighted by molar-refractivity contribution is 7.10. The summed E-state index contributed by atoms with van der Waals surface area (Å²) in [5.74, 6) is -4.29. The average Bonchev–Trinajstić information content (AvgIpc) is 2.90. The zero-order chi connectivity index (χ0) is 19.9. The molecular formula is C15H5ClF6N2O2S. The van der Waals surface area contributed by atoms with E-state index >= 15 is 0 Å². The number of benzene rings is 2. The predicted molar refractivity (Wildman–Crippen MR) is 84.7 cm³/mol. The van der Waals surface area contributed by atoms with Crippen molar-refractivity contribution in [1.82, 2.24) is 8.94 Å². The highest BCUT2D eigenvalue weighted by Crippen LogP contribution is 2.34. The van der Waals surface area contributed by atoms with Crippen molar-refractivity contribution in [2.24, 2.45) is 0 Å². The van der Waals surface area contributed by atoms with Gasteiger partial charge in [-0.1, -0.05) is 17.7 Å². The highest BCUT2D eigenvalue weighted by Gasteiger charge is 2.33. The maximum atomic E-state index is 14.2. The molecule has 3 rings (SSSR count). The zero-order valence-electron chi connectivity index (χ0n) is 12.7. The topological polar surface area (TPSA) is 44.1 Å². The van der Waals surface area contributed by atoms with Crippen molar-refractivity contribution in [1.29, 1.82) is 0 Å². The van der Waals surface area contributed by atoms with Crippen LogP contribution < -0.4 is 10.4 Å². The van der Waals surface area contributed by atoms with E-state index in [-0.39, 0.29) is 5.01 Å². The van der Waals surface area contributed by atoms with Crippen molar-refractivity contribution in [3.05, 3.63) is 63.3 Å². The Balaban J connectivity index is 2.10. The van der Waals surface area contributed by atoms with Gasteiger partial charge in [-0.15, -0.1) is 13.2 Å². The third kappa shape index (κ3) is 3.93. The number of nitrogens with zero attached hydrogens (tertiary/aromatic N) is 2. The average molecular weight is 427 g/mol. The normalized spacial score (nSPS) is 11.7. The van der Waals surface area contributed by atoms with Gasteiger partial charge in [-0.05, 0) is 29.7 Å². The van der Waals surface area contributed by atoms with E-state index in [2.05, 4.69) is 9.72 Å². The Kier molecular flexibility index (Phi) is 4.91. The molecule has 27 heavy (non-hydrogen) atoms. The number of ether oxygens (including phenoxy) is 1. The van der Waals surface area contributed by atoms with E-state index in [0.29, 0.717) is 27.6 Å². The highest BCUT2D eigenvalue weighted by atomic mass is 35.5. The van der Waals surface area contributed by atoms with Gasteiger partial charge < -0.3 is 4.74 Å². The third-order valence-electron chi connectivity index (χ3n) is 3.17. The SMILES string of the molecule is O=c1nc(-c2c(F)cccc2F)sn1-c1cc(Cl)c(OC(F)(F)F)cc1F. The molecule has 0 unspecified atom stereocenters. The fraction of sp³-hybridized carbons (Fsp3) is 0.0667. The van der Waals surface area contributed by atoms with Crippen molar-refractivity contribution >= 4 is 23.1 Å². The second kappa shape index (κ2) is 6.89. The molecule has 0 N–H and O–H groups in total. The Hall–Kier alpha value is -2.53. The lowest BCUT2D eigenvalue weighted by atomic mass is 10.2. The lowest BCUT2D eigenvalue weighted by Crippen LogP contribution is -2.18. The second-order valence-corrected chi connectivity index (χ2v) is 6.31. The molecule has 0 saturated carbocycles. The summed E-state index contributed by atoms with van der Waals surface area (Å²) < 4.78 is 82.8. The number of hydrogen-bond acceptors (Lipinski definition) is 4. The summed E-state index contributed by atoms with van der Waals surface area (Å²) in [6.45, 7) is 0. The van der Waals surface area contributed by atoms with Crippen LogP contribution in [0.2, 0.25) is 5.02 Å². The van der Waals surface area contributed by atoms with Crippen molar-refractivity contribution in [2.75, 3.05) is 0 Å². The Bertz CT molecular complexity index is 1060. The molecule has 142 valence electrons. The molecule has 1 aromatic heterocycles. The molecule has 0 fully saturated rings. The standard InChI is InChI=1S/C15H5ClF6N2O2S/c16-6-4-10(9(19)5-11(6)26-15(20,21)22)24-14(25)23-13(27-24)12-7(17)2-1-3-8(12)18/h1-5H. The molecule has 12 heteroatoms. The smallest absolute Gasteiger partial charge is 0.404 e. The summed E-state index contributed by atoms with van der Waals surface area (Å²) in [4.78, 5) is 15.5. The molecule has 0 bridgehead atoms. The molecule has 0 saturated heterocycles. The zero-order valence-corrected chi connectivity index (χ0v) is 14.2. The minimum Gasteiger partial charge on any atom is -0.404 e. The van der Waals surface area contributed by atoms with Crippen molar-refractivity contribution in [3.63, 3.8) is 0 Å². The van der Waals surface area contributed by atoms with Gasteiger partial charge in [0.25, 0.3) is 0 Å². The molecule has 0 spiro atoms. The quantitative estimate of drug-likeness (QED) is 0.558. The van der Waals surface area contributed by atoms with Crippen LogP contribution in [0.4, 0.5) is 26.3 Å². The van der Waals surface area contributed by atoms with Gasteiger partial charge in [0.05, 0.1) is 16.3 Å². The molecule has 0 amide bonds. The number of halogens is 7. The summed E-state index contributed by atoms with van der Waals surface area (Å²) >= 11 is 6.03. The first-order chi connectivity index (χ1) is 12.6. The fourth-order valence-corrected chi connectivity index (χ4v) is 3.24. The maximum absolute atomic E-state index is 14.2. The Morgan fingerprint density at radius 3 is 2.30 bits per heavy atom. The summed E-state index contributed by atoms with van der Waals surface area (Å²) in [5, 5.41) is -1.02. The van der Waals surface area contributed by atoms with E-state index in [0.717, 1.165) is 18.2 Å². The van der Waals surface area contributed by atoms with Crippen LogP contribution in [0.5, 0.6) is 5.75 Å². The van der Waals surface area contributed by atoms with Crippen LogP contribution in [0.25, 0.3) is 16.3 Å². The maximum Gasteiger partial charge on any atom is 0.573 e. The monoisotopic (exact) mass is 426 g/mol. The minimum atomic E-state index is -5.10. The first-order valence-electron chi connectivity index (χ1n) is 6.87. The van der Waals surface area contributed by atoms with Gasteiger partial charge in [-0.25, -0.2) is 21.9 Å². The predicted octanol–water partition coefficient (Wildman–Crippen LogP) is 4.93. The van der Waals surface area contributed by atoms with E-state index in [4.69, 9.17) is 11.6 Å². The molecule has 2 aromatic carbocycles. The first-order valence-corrected chi connectivity index (χ1v) is 8.02. The van der Waals surface area contributed by atoms with Crippen LogP contribution >= 0.6 is 23.1 Å². The van der Waals surface area contributed by atoms with Crippen LogP contribution in [-0.2, 0) is 0 Å². The van der Waals surface area contributed by atoms with Crippen LogP contribution in [0.15, 0.2) is 35.1 Å². The summed E-state index contributed by atoms with van der Waals surface area (Å²) in [6, 6.07) is 4.02.